The minimum absolute atomic E-state index is 0.113. The van der Waals surface area contributed by atoms with Crippen molar-refractivity contribution >= 4 is 23.2 Å². The number of likely N-dealkylation sites (N-methyl/N-ethyl adjacent to an activating group) is 1. The Balaban J connectivity index is -0.000000576. The van der Waals surface area contributed by atoms with E-state index >= 15 is 0 Å². The van der Waals surface area contributed by atoms with Crippen LogP contribution in [-0.2, 0) is 14.9 Å². The topological polar surface area (TPSA) is 81.0 Å². The predicted octanol–water partition coefficient (Wildman–Crippen LogP) is 6.15. The molecule has 0 atom stereocenters. The van der Waals surface area contributed by atoms with Crippen LogP contribution in [0.2, 0.25) is 0 Å². The van der Waals surface area contributed by atoms with Gasteiger partial charge >= 0.3 is 0 Å². The largest absolute Gasteiger partial charge is 0.495 e. The fourth-order valence-electron chi connectivity index (χ4n) is 3.61. The first-order valence-electron chi connectivity index (χ1n) is 12.4. The molecular formula is C31H52N3O2+. The molecule has 0 amide bonds. The molecule has 5 nitrogen and oxygen atoms in total. The molecular weight excluding hydrogens is 446 g/mol. The van der Waals surface area contributed by atoms with Gasteiger partial charge in [-0.1, -0.05) is 78.1 Å². The lowest BCUT2D eigenvalue weighted by molar-refractivity contribution is -0.572. The van der Waals surface area contributed by atoms with Crippen LogP contribution in [0, 0.1) is 0 Å². The van der Waals surface area contributed by atoms with Gasteiger partial charge in [0, 0.05) is 12.6 Å². The van der Waals surface area contributed by atoms with Gasteiger partial charge in [-0.3, -0.25) is 0 Å². The van der Waals surface area contributed by atoms with Crippen molar-refractivity contribution in [3.05, 3.63) is 91.4 Å². The highest BCUT2D eigenvalue weighted by molar-refractivity contribution is 5.89. The third-order valence-electron chi connectivity index (χ3n) is 5.09. The molecule has 0 spiro atoms. The number of allylic oxidation sites excluding steroid dienone is 3. The molecule has 0 aromatic heterocycles. The summed E-state index contributed by atoms with van der Waals surface area (Å²) in [6.07, 6.45) is 7.53. The van der Waals surface area contributed by atoms with Crippen LogP contribution in [0.1, 0.15) is 53.0 Å². The molecule has 2 rings (SSSR count). The van der Waals surface area contributed by atoms with Gasteiger partial charge in [-0.2, -0.15) is 0 Å². The van der Waals surface area contributed by atoms with Crippen LogP contribution < -0.4 is 16.4 Å². The Bertz CT molecular complexity index is 884. The van der Waals surface area contributed by atoms with E-state index in [-0.39, 0.29) is 5.41 Å². The van der Waals surface area contributed by atoms with E-state index in [9.17, 15) is 0 Å². The molecule has 0 heterocycles. The monoisotopic (exact) mass is 498 g/mol. The number of benzene rings is 2. The standard InChI is InChI=1S/C19H25N.C8H13NO.C2H6.CH5N.CH2O/c1-5-13-19(3,4)18-16-10-8-7-9-15(16)11-12-17(18)20-14-6-2;1-5-7(9-3)8(6-2)10-4;3*1-2/h5,7-12,20H,1,6,13-14H2,2-4H3;5-6,9H,1-2H2,3-4H3;1-2H3;2H2,1H3;1H2/p+1/b;8-7-;;;. The van der Waals surface area contributed by atoms with Crippen LogP contribution in [0.25, 0.3) is 10.8 Å². The Hall–Kier alpha value is -3.15. The fraction of sp³-hybridized carbons (Fsp3) is 0.387. The van der Waals surface area contributed by atoms with E-state index in [1.807, 2.05) is 26.7 Å². The van der Waals surface area contributed by atoms with Gasteiger partial charge in [0.05, 0.1) is 19.4 Å². The van der Waals surface area contributed by atoms with Gasteiger partial charge in [-0.25, -0.2) is 0 Å². The van der Waals surface area contributed by atoms with Crippen molar-refractivity contribution in [2.24, 2.45) is 5.73 Å². The van der Waals surface area contributed by atoms with Crippen LogP contribution in [0.3, 0.4) is 0 Å². The summed E-state index contributed by atoms with van der Waals surface area (Å²) in [7, 11) is 4.90. The molecule has 5 N–H and O–H groups in total. The van der Waals surface area contributed by atoms with Crippen molar-refractivity contribution in [2.45, 2.75) is 52.9 Å². The molecule has 0 aliphatic carbocycles. The molecule has 2 aromatic carbocycles. The summed E-state index contributed by atoms with van der Waals surface area (Å²) >= 11 is 0. The van der Waals surface area contributed by atoms with Crippen LogP contribution in [0.15, 0.2) is 85.8 Å². The zero-order valence-electron chi connectivity index (χ0n) is 24.1. The maximum atomic E-state index is 8.00. The predicted molar refractivity (Wildman–Crippen MR) is 161 cm³/mol. The second kappa shape index (κ2) is 23.6. The van der Waals surface area contributed by atoms with Crippen LogP contribution >= 0.6 is 0 Å². The van der Waals surface area contributed by atoms with Gasteiger partial charge < -0.3 is 25.9 Å². The number of rotatable bonds is 10. The van der Waals surface area contributed by atoms with E-state index in [0.717, 1.165) is 18.7 Å². The summed E-state index contributed by atoms with van der Waals surface area (Å²) in [6.45, 7) is 25.1. The normalized spacial score (nSPS) is 10.1. The quantitative estimate of drug-likeness (QED) is 0.159. The summed E-state index contributed by atoms with van der Waals surface area (Å²) in [5.41, 5.74) is 8.31. The maximum absolute atomic E-state index is 8.00. The van der Waals surface area contributed by atoms with E-state index in [2.05, 4.69) is 93.3 Å². The molecule has 0 aliphatic rings. The van der Waals surface area contributed by atoms with Crippen LogP contribution in [-0.4, -0.2) is 34.5 Å². The number of hydrogen-bond donors (Lipinski definition) is 3. The lowest BCUT2D eigenvalue weighted by Gasteiger charge is -2.26. The van der Waals surface area contributed by atoms with Gasteiger partial charge in [0.15, 0.2) is 0 Å². The molecule has 0 unspecified atom stereocenters. The molecule has 202 valence electrons. The zero-order valence-corrected chi connectivity index (χ0v) is 24.1. The first kappa shape index (κ1) is 37.4. The second-order valence-corrected chi connectivity index (χ2v) is 7.76. The number of carbonyl (C=O) groups is 1. The van der Waals surface area contributed by atoms with E-state index in [1.54, 1.807) is 26.3 Å². The minimum Gasteiger partial charge on any atom is -0.495 e. The number of hydrogen-bond acceptors (Lipinski definition) is 4. The fourth-order valence-corrected chi connectivity index (χ4v) is 3.61. The van der Waals surface area contributed by atoms with Crippen molar-refractivity contribution in [1.82, 2.24) is 5.32 Å². The molecule has 0 fully saturated rings. The van der Waals surface area contributed by atoms with Gasteiger partial charge in [-0.15, -0.1) is 6.58 Å². The van der Waals surface area contributed by atoms with Crippen molar-refractivity contribution in [1.29, 1.82) is 0 Å². The van der Waals surface area contributed by atoms with E-state index in [1.165, 1.54) is 35.5 Å². The summed E-state index contributed by atoms with van der Waals surface area (Å²) in [6, 6.07) is 13.2. The van der Waals surface area contributed by atoms with Gasteiger partial charge in [0.2, 0.25) is 0 Å². The molecule has 36 heavy (non-hydrogen) atoms. The Morgan fingerprint density at radius 1 is 1.06 bits per heavy atom. The number of carbonyl (C=O) groups excluding carboxylic acids is 1. The average molecular weight is 499 g/mol. The Labute approximate surface area is 221 Å². The Kier molecular flexibility index (Phi) is 24.5. The third-order valence-corrected chi connectivity index (χ3v) is 5.09. The summed E-state index contributed by atoms with van der Waals surface area (Å²) in [4.78, 5) is 8.00. The maximum Gasteiger partial charge on any atom is 0.141 e. The first-order valence-corrected chi connectivity index (χ1v) is 12.4. The highest BCUT2D eigenvalue weighted by Gasteiger charge is 2.26. The van der Waals surface area contributed by atoms with Gasteiger partial charge in [0.25, 0.3) is 0 Å². The van der Waals surface area contributed by atoms with E-state index in [4.69, 9.17) is 9.53 Å². The van der Waals surface area contributed by atoms with Gasteiger partial charge in [0.1, 0.15) is 18.2 Å². The van der Waals surface area contributed by atoms with Crippen molar-refractivity contribution in [2.75, 3.05) is 27.7 Å². The number of methoxy groups -OCH3 is 1. The SMILES string of the molecule is C=C/C(NC)=C(\C=C)OC.C=CCC(C)(C)c1c([NH2+]CCC)ccc2ccccc12.C=O.CC.CN. The second-order valence-electron chi connectivity index (χ2n) is 7.76. The zero-order chi connectivity index (χ0) is 28.6. The van der Waals surface area contributed by atoms with Crippen molar-refractivity contribution in [3.8, 4) is 0 Å². The number of quaternary nitrogens is 1. The van der Waals surface area contributed by atoms with Crippen molar-refractivity contribution in [3.63, 3.8) is 0 Å². The summed E-state index contributed by atoms with van der Waals surface area (Å²) in [5, 5.41) is 8.01. The molecule has 0 saturated heterocycles. The first-order chi connectivity index (χ1) is 17.4. The number of fused-ring (bicyclic) bond motifs is 1. The van der Waals surface area contributed by atoms with Crippen molar-refractivity contribution < 1.29 is 14.8 Å². The lowest BCUT2D eigenvalue weighted by atomic mass is 9.78. The summed E-state index contributed by atoms with van der Waals surface area (Å²) in [5.74, 6) is 0.706. The van der Waals surface area contributed by atoms with Crippen LogP contribution in [0.4, 0.5) is 5.69 Å². The van der Waals surface area contributed by atoms with E-state index in [0.29, 0.717) is 5.76 Å². The summed E-state index contributed by atoms with van der Waals surface area (Å²) < 4.78 is 4.97. The number of nitrogens with one attached hydrogen (secondary N) is 1. The van der Waals surface area contributed by atoms with Crippen LogP contribution in [0.5, 0.6) is 0 Å². The van der Waals surface area contributed by atoms with E-state index < -0.39 is 0 Å². The minimum atomic E-state index is 0.113. The number of ether oxygens (including phenoxy) is 1. The molecule has 0 saturated carbocycles. The highest BCUT2D eigenvalue weighted by atomic mass is 16.5. The molecule has 0 radical (unpaired) electrons. The molecule has 5 heteroatoms. The molecule has 0 aliphatic heterocycles. The average Bonchev–Trinajstić information content (AvgIpc) is 2.93. The smallest absolute Gasteiger partial charge is 0.141 e. The Morgan fingerprint density at radius 2 is 1.64 bits per heavy atom. The molecule has 2 aromatic rings. The number of nitrogens with two attached hydrogens (primary N) is 2. The van der Waals surface area contributed by atoms with Gasteiger partial charge in [-0.05, 0) is 60.4 Å². The molecule has 0 bridgehead atoms. The highest BCUT2D eigenvalue weighted by Crippen LogP contribution is 2.36. The third kappa shape index (κ3) is 12.5. The Morgan fingerprint density at radius 3 is 2.06 bits per heavy atom. The lowest BCUT2D eigenvalue weighted by Crippen LogP contribution is -2.78.